The maximum atomic E-state index is 12.1. The zero-order valence-corrected chi connectivity index (χ0v) is 14.0. The van der Waals surface area contributed by atoms with Gasteiger partial charge in [-0.25, -0.2) is 0 Å². The molecule has 0 aliphatic carbocycles. The van der Waals surface area contributed by atoms with Crippen LogP contribution in [0.25, 0.3) is 6.08 Å². The largest absolute Gasteiger partial charge is 0.508 e. The Morgan fingerprint density at radius 2 is 2.00 bits per heavy atom. The summed E-state index contributed by atoms with van der Waals surface area (Å²) in [6.07, 6.45) is 5.25. The van der Waals surface area contributed by atoms with Crippen LogP contribution in [0.1, 0.15) is 35.7 Å². The van der Waals surface area contributed by atoms with Gasteiger partial charge in [-0.2, -0.15) is 0 Å². The topological polar surface area (TPSA) is 55.8 Å². The summed E-state index contributed by atoms with van der Waals surface area (Å²) in [5.41, 5.74) is 1.28. The smallest absolute Gasteiger partial charge is 0.185 e. The molecule has 0 saturated heterocycles. The van der Waals surface area contributed by atoms with Crippen LogP contribution in [0.15, 0.2) is 48.5 Å². The zero-order chi connectivity index (χ0) is 17.4. The molecule has 0 unspecified atom stereocenters. The van der Waals surface area contributed by atoms with Crippen molar-refractivity contribution in [3.05, 3.63) is 59.7 Å². The van der Waals surface area contributed by atoms with Gasteiger partial charge in [0.25, 0.3) is 0 Å². The van der Waals surface area contributed by atoms with Gasteiger partial charge in [-0.1, -0.05) is 37.6 Å². The molecule has 0 saturated carbocycles. The van der Waals surface area contributed by atoms with Crippen LogP contribution in [0.3, 0.4) is 0 Å². The lowest BCUT2D eigenvalue weighted by Gasteiger charge is -2.10. The summed E-state index contributed by atoms with van der Waals surface area (Å²) in [5.74, 6) is 1.23. The molecular formula is C20H22O4. The van der Waals surface area contributed by atoms with Crippen molar-refractivity contribution in [1.29, 1.82) is 0 Å². The van der Waals surface area contributed by atoms with Gasteiger partial charge in [-0.05, 0) is 42.3 Å². The van der Waals surface area contributed by atoms with Crippen LogP contribution >= 0.6 is 0 Å². The molecule has 2 rings (SSSR count). The van der Waals surface area contributed by atoms with Crippen molar-refractivity contribution in [2.24, 2.45) is 0 Å². The molecule has 4 nitrogen and oxygen atoms in total. The fourth-order valence-corrected chi connectivity index (χ4v) is 2.16. The van der Waals surface area contributed by atoms with Crippen molar-refractivity contribution in [3.63, 3.8) is 0 Å². The highest BCUT2D eigenvalue weighted by atomic mass is 16.5. The molecule has 0 spiro atoms. The predicted octanol–water partition coefficient (Wildman–Crippen LogP) is 4.48. The lowest BCUT2D eigenvalue weighted by atomic mass is 10.1. The number of phenols is 1. The van der Waals surface area contributed by atoms with Gasteiger partial charge in [0.1, 0.15) is 5.75 Å². The van der Waals surface area contributed by atoms with Crippen molar-refractivity contribution in [2.75, 3.05) is 13.7 Å². The first-order valence-electron chi connectivity index (χ1n) is 7.96. The number of rotatable bonds is 8. The van der Waals surface area contributed by atoms with Crippen LogP contribution in [-0.2, 0) is 0 Å². The SMILES string of the molecule is CCCCOc1ccc(/C=C/C(=O)c2cccc(O)c2)cc1OC. The minimum absolute atomic E-state index is 0.0736. The highest BCUT2D eigenvalue weighted by Gasteiger charge is 2.06. The minimum atomic E-state index is -0.173. The summed E-state index contributed by atoms with van der Waals surface area (Å²) in [7, 11) is 1.59. The molecule has 0 fully saturated rings. The second-order valence-corrected chi connectivity index (χ2v) is 5.36. The van der Waals surface area contributed by atoms with Crippen LogP contribution in [0, 0.1) is 0 Å². The Kier molecular flexibility index (Phi) is 6.43. The summed E-state index contributed by atoms with van der Waals surface area (Å²) in [4.78, 5) is 12.1. The third-order valence-electron chi connectivity index (χ3n) is 3.50. The molecule has 0 heterocycles. The highest BCUT2D eigenvalue weighted by molar-refractivity contribution is 6.07. The number of phenolic OH excluding ortho intramolecular Hbond substituents is 1. The van der Waals surface area contributed by atoms with E-state index < -0.39 is 0 Å². The van der Waals surface area contributed by atoms with Gasteiger partial charge in [0.15, 0.2) is 17.3 Å². The van der Waals surface area contributed by atoms with Gasteiger partial charge in [-0.15, -0.1) is 0 Å². The van der Waals surface area contributed by atoms with Gasteiger partial charge in [0.2, 0.25) is 0 Å². The molecule has 0 aromatic heterocycles. The number of ketones is 1. The van der Waals surface area contributed by atoms with E-state index in [1.165, 1.54) is 18.2 Å². The Morgan fingerprint density at radius 1 is 1.17 bits per heavy atom. The third-order valence-corrected chi connectivity index (χ3v) is 3.50. The van der Waals surface area contributed by atoms with Gasteiger partial charge >= 0.3 is 0 Å². The standard InChI is InChI=1S/C20H22O4/c1-3-4-12-24-19-11-9-15(13-20(19)23-2)8-10-18(22)16-6-5-7-17(21)14-16/h5-11,13-14,21H,3-4,12H2,1-2H3/b10-8+. The first-order valence-corrected chi connectivity index (χ1v) is 7.96. The molecular weight excluding hydrogens is 304 g/mol. The third kappa shape index (κ3) is 4.88. The maximum absolute atomic E-state index is 12.1. The number of ether oxygens (including phenoxy) is 2. The lowest BCUT2D eigenvalue weighted by molar-refractivity contribution is 0.104. The van der Waals surface area contributed by atoms with E-state index in [1.54, 1.807) is 25.3 Å². The van der Waals surface area contributed by atoms with E-state index in [0.29, 0.717) is 23.7 Å². The average molecular weight is 326 g/mol. The fourth-order valence-electron chi connectivity index (χ4n) is 2.16. The number of aromatic hydroxyl groups is 1. The fraction of sp³-hybridized carbons (Fsp3) is 0.250. The Balaban J connectivity index is 2.10. The molecule has 4 heteroatoms. The van der Waals surface area contributed by atoms with Crippen molar-refractivity contribution >= 4 is 11.9 Å². The minimum Gasteiger partial charge on any atom is -0.508 e. The Labute approximate surface area is 142 Å². The highest BCUT2D eigenvalue weighted by Crippen LogP contribution is 2.28. The molecule has 0 atom stereocenters. The monoisotopic (exact) mass is 326 g/mol. The number of hydrogen-bond donors (Lipinski definition) is 1. The molecule has 0 amide bonds. The molecule has 0 bridgehead atoms. The molecule has 1 N–H and O–H groups in total. The molecule has 0 aliphatic rings. The van der Waals surface area contributed by atoms with E-state index in [2.05, 4.69) is 6.92 Å². The predicted molar refractivity (Wildman–Crippen MR) is 94.9 cm³/mol. The number of carbonyl (C=O) groups excluding carboxylic acids is 1. The van der Waals surface area contributed by atoms with E-state index in [-0.39, 0.29) is 11.5 Å². The van der Waals surface area contributed by atoms with E-state index >= 15 is 0 Å². The normalized spacial score (nSPS) is 10.8. The van der Waals surface area contributed by atoms with Gasteiger partial charge < -0.3 is 14.6 Å². The summed E-state index contributed by atoms with van der Waals surface area (Å²) in [6, 6.07) is 11.8. The van der Waals surface area contributed by atoms with Crippen molar-refractivity contribution < 1.29 is 19.4 Å². The second kappa shape index (κ2) is 8.77. The number of hydrogen-bond acceptors (Lipinski definition) is 4. The van der Waals surface area contributed by atoms with Crippen molar-refractivity contribution in [3.8, 4) is 17.2 Å². The van der Waals surface area contributed by atoms with E-state index in [9.17, 15) is 9.90 Å². The van der Waals surface area contributed by atoms with E-state index in [4.69, 9.17) is 9.47 Å². The maximum Gasteiger partial charge on any atom is 0.185 e. The van der Waals surface area contributed by atoms with Crippen molar-refractivity contribution in [2.45, 2.75) is 19.8 Å². The molecule has 2 aromatic carbocycles. The van der Waals surface area contributed by atoms with Crippen LogP contribution in [0.2, 0.25) is 0 Å². The molecule has 0 aliphatic heterocycles. The van der Waals surface area contributed by atoms with Crippen LogP contribution < -0.4 is 9.47 Å². The van der Waals surface area contributed by atoms with Crippen molar-refractivity contribution in [1.82, 2.24) is 0 Å². The Morgan fingerprint density at radius 3 is 2.71 bits per heavy atom. The summed E-state index contributed by atoms with van der Waals surface area (Å²) < 4.78 is 11.0. The first kappa shape index (κ1) is 17.6. The second-order valence-electron chi connectivity index (χ2n) is 5.36. The number of benzene rings is 2. The Bertz CT molecular complexity index is 719. The van der Waals surface area contributed by atoms with Gasteiger partial charge in [0.05, 0.1) is 13.7 Å². The Hall–Kier alpha value is -2.75. The number of unbranched alkanes of at least 4 members (excludes halogenated alkanes) is 1. The summed E-state index contributed by atoms with van der Waals surface area (Å²) in [6.45, 7) is 2.76. The van der Waals surface area contributed by atoms with Crippen LogP contribution in [0.4, 0.5) is 0 Å². The van der Waals surface area contributed by atoms with Gasteiger partial charge in [0, 0.05) is 5.56 Å². The van der Waals surface area contributed by atoms with Crippen LogP contribution in [0.5, 0.6) is 17.2 Å². The average Bonchev–Trinajstić information content (AvgIpc) is 2.60. The van der Waals surface area contributed by atoms with Crippen LogP contribution in [-0.4, -0.2) is 24.6 Å². The van der Waals surface area contributed by atoms with E-state index in [0.717, 1.165) is 18.4 Å². The van der Waals surface area contributed by atoms with E-state index in [1.807, 2.05) is 18.2 Å². The summed E-state index contributed by atoms with van der Waals surface area (Å²) in [5, 5.41) is 9.43. The molecule has 126 valence electrons. The quantitative estimate of drug-likeness (QED) is 0.441. The first-order chi connectivity index (χ1) is 11.6. The number of carbonyl (C=O) groups is 1. The zero-order valence-electron chi connectivity index (χ0n) is 14.0. The number of allylic oxidation sites excluding steroid dienone is 1. The lowest BCUT2D eigenvalue weighted by Crippen LogP contribution is -1.99. The molecule has 0 radical (unpaired) electrons. The van der Waals surface area contributed by atoms with Gasteiger partial charge in [-0.3, -0.25) is 4.79 Å². The number of methoxy groups -OCH3 is 1. The molecule has 24 heavy (non-hydrogen) atoms. The summed E-state index contributed by atoms with van der Waals surface area (Å²) >= 11 is 0. The molecule has 2 aromatic rings.